The monoisotopic (exact) mass is 366 g/mol. The van der Waals surface area contributed by atoms with E-state index in [0.717, 1.165) is 17.3 Å². The van der Waals surface area contributed by atoms with Gasteiger partial charge >= 0.3 is 6.18 Å². The Kier molecular flexibility index (Phi) is 4.03. The van der Waals surface area contributed by atoms with Crippen LogP contribution in [0.2, 0.25) is 0 Å². The molecule has 0 unspecified atom stereocenters. The smallest absolute Gasteiger partial charge is 0.338 e. The maximum absolute atomic E-state index is 12.6. The summed E-state index contributed by atoms with van der Waals surface area (Å²) in [4.78, 5) is 8.56. The van der Waals surface area contributed by atoms with Crippen LogP contribution in [0, 0.1) is 0 Å². The molecule has 0 N–H and O–H groups in total. The van der Waals surface area contributed by atoms with Crippen LogP contribution >= 0.6 is 11.8 Å². The summed E-state index contributed by atoms with van der Waals surface area (Å²) in [5.41, 5.74) is -0.227. The van der Waals surface area contributed by atoms with Crippen LogP contribution in [0.4, 0.5) is 13.2 Å². The average molecular weight is 366 g/mol. The van der Waals surface area contributed by atoms with Gasteiger partial charge in [-0.3, -0.25) is 0 Å². The molecule has 5 nitrogen and oxygen atoms in total. The fraction of sp³-hybridized carbons (Fsp3) is 0.312. The maximum Gasteiger partial charge on any atom is 0.416 e. The van der Waals surface area contributed by atoms with Crippen molar-refractivity contribution in [3.8, 4) is 11.4 Å². The minimum Gasteiger partial charge on any atom is -0.338 e. The number of imidazole rings is 1. The summed E-state index contributed by atoms with van der Waals surface area (Å²) in [5, 5.41) is 4.74. The summed E-state index contributed by atoms with van der Waals surface area (Å²) in [7, 11) is 0. The number of alkyl halides is 3. The molecule has 0 amide bonds. The molecule has 25 heavy (non-hydrogen) atoms. The Labute approximate surface area is 145 Å². The first-order valence-corrected chi connectivity index (χ1v) is 8.65. The second-order valence-electron chi connectivity index (χ2n) is 5.72. The Morgan fingerprint density at radius 2 is 1.96 bits per heavy atom. The molecule has 3 aromatic rings. The minimum atomic E-state index is -4.36. The summed E-state index contributed by atoms with van der Waals surface area (Å²) in [5.74, 6) is 1.14. The third-order valence-electron chi connectivity index (χ3n) is 3.84. The summed E-state index contributed by atoms with van der Waals surface area (Å²) in [6.45, 7) is 0. The Morgan fingerprint density at radius 1 is 1.20 bits per heavy atom. The molecule has 0 radical (unpaired) electrons. The zero-order valence-electron chi connectivity index (χ0n) is 12.9. The molecular weight excluding hydrogens is 353 g/mol. The van der Waals surface area contributed by atoms with Crippen molar-refractivity contribution < 1.29 is 17.7 Å². The first-order valence-electron chi connectivity index (χ1n) is 7.66. The van der Waals surface area contributed by atoms with Crippen LogP contribution in [0.1, 0.15) is 30.3 Å². The van der Waals surface area contributed by atoms with Crippen LogP contribution in [0.25, 0.3) is 11.4 Å². The van der Waals surface area contributed by atoms with E-state index in [1.807, 2.05) is 6.20 Å². The van der Waals surface area contributed by atoms with Gasteiger partial charge in [-0.1, -0.05) is 29.1 Å². The number of thioether (sulfide) groups is 1. The quantitative estimate of drug-likeness (QED) is 0.619. The fourth-order valence-corrected chi connectivity index (χ4v) is 3.27. The molecule has 4 rings (SSSR count). The second-order valence-corrected chi connectivity index (χ2v) is 6.67. The van der Waals surface area contributed by atoms with Gasteiger partial charge in [-0.15, -0.1) is 0 Å². The molecule has 2 aromatic heterocycles. The Balaban J connectivity index is 1.44. The van der Waals surface area contributed by atoms with Crippen LogP contribution in [0.5, 0.6) is 0 Å². The van der Waals surface area contributed by atoms with Gasteiger partial charge in [-0.2, -0.15) is 18.2 Å². The lowest BCUT2D eigenvalue weighted by molar-refractivity contribution is -0.137. The molecule has 1 fully saturated rings. The lowest BCUT2D eigenvalue weighted by Crippen LogP contribution is -2.04. The van der Waals surface area contributed by atoms with Crippen molar-refractivity contribution in [1.29, 1.82) is 0 Å². The van der Waals surface area contributed by atoms with Gasteiger partial charge in [0.05, 0.1) is 11.3 Å². The summed E-state index contributed by atoms with van der Waals surface area (Å²) in [6, 6.07) is 5.23. The molecule has 0 saturated heterocycles. The first kappa shape index (κ1) is 16.2. The van der Waals surface area contributed by atoms with E-state index in [2.05, 4.69) is 19.7 Å². The Morgan fingerprint density at radius 3 is 2.64 bits per heavy atom. The molecule has 1 aliphatic rings. The van der Waals surface area contributed by atoms with E-state index in [1.165, 1.54) is 36.7 Å². The van der Waals surface area contributed by atoms with E-state index in [-0.39, 0.29) is 5.82 Å². The summed E-state index contributed by atoms with van der Waals surface area (Å²) < 4.78 is 45.1. The van der Waals surface area contributed by atoms with Crippen molar-refractivity contribution in [3.63, 3.8) is 0 Å². The van der Waals surface area contributed by atoms with Crippen LogP contribution in [0.15, 0.2) is 46.3 Å². The molecule has 1 aliphatic carbocycles. The molecule has 0 spiro atoms. The SMILES string of the molecule is FC(F)(F)c1ccc(-c2noc(CSc3nccn3C3CC3)n2)cc1. The van der Waals surface area contributed by atoms with E-state index in [9.17, 15) is 13.2 Å². The molecule has 0 aliphatic heterocycles. The molecular formula is C16H13F3N4OS. The second kappa shape index (κ2) is 6.21. The fourth-order valence-electron chi connectivity index (χ4n) is 2.41. The van der Waals surface area contributed by atoms with Crippen LogP contribution < -0.4 is 0 Å². The van der Waals surface area contributed by atoms with Crippen molar-refractivity contribution in [2.24, 2.45) is 0 Å². The topological polar surface area (TPSA) is 56.7 Å². The zero-order chi connectivity index (χ0) is 17.4. The predicted molar refractivity (Wildman–Crippen MR) is 84.8 cm³/mol. The van der Waals surface area contributed by atoms with Gasteiger partial charge in [0, 0.05) is 24.0 Å². The van der Waals surface area contributed by atoms with Gasteiger partial charge in [0.25, 0.3) is 0 Å². The van der Waals surface area contributed by atoms with Gasteiger partial charge in [0.15, 0.2) is 5.16 Å². The molecule has 0 bridgehead atoms. The molecule has 9 heteroatoms. The average Bonchev–Trinajstić information content (AvgIpc) is 3.14. The van der Waals surface area contributed by atoms with Gasteiger partial charge in [0.2, 0.25) is 11.7 Å². The predicted octanol–water partition coefficient (Wildman–Crippen LogP) is 4.58. The van der Waals surface area contributed by atoms with Crippen molar-refractivity contribution in [1.82, 2.24) is 19.7 Å². The highest BCUT2D eigenvalue weighted by molar-refractivity contribution is 7.98. The van der Waals surface area contributed by atoms with Crippen molar-refractivity contribution in [2.45, 2.75) is 36.0 Å². The van der Waals surface area contributed by atoms with E-state index >= 15 is 0 Å². The van der Waals surface area contributed by atoms with Crippen LogP contribution in [-0.2, 0) is 11.9 Å². The number of nitrogens with zero attached hydrogens (tertiary/aromatic N) is 4. The van der Waals surface area contributed by atoms with E-state index < -0.39 is 11.7 Å². The van der Waals surface area contributed by atoms with E-state index in [1.54, 1.807) is 6.20 Å². The Hall–Kier alpha value is -2.29. The van der Waals surface area contributed by atoms with Crippen molar-refractivity contribution in [2.75, 3.05) is 0 Å². The lowest BCUT2D eigenvalue weighted by Gasteiger charge is -2.05. The summed E-state index contributed by atoms with van der Waals surface area (Å²) in [6.07, 6.45) is 1.70. The third kappa shape index (κ3) is 3.55. The summed E-state index contributed by atoms with van der Waals surface area (Å²) >= 11 is 1.50. The highest BCUT2D eigenvalue weighted by Crippen LogP contribution is 2.38. The number of hydrogen-bond donors (Lipinski definition) is 0. The highest BCUT2D eigenvalue weighted by atomic mass is 32.2. The van der Waals surface area contributed by atoms with Crippen LogP contribution in [0.3, 0.4) is 0 Å². The third-order valence-corrected chi connectivity index (χ3v) is 4.80. The lowest BCUT2D eigenvalue weighted by atomic mass is 10.1. The molecule has 0 atom stereocenters. The molecule has 2 heterocycles. The van der Waals surface area contributed by atoms with Crippen LogP contribution in [-0.4, -0.2) is 19.7 Å². The van der Waals surface area contributed by atoms with E-state index in [4.69, 9.17) is 4.52 Å². The van der Waals surface area contributed by atoms with E-state index in [0.29, 0.717) is 23.2 Å². The first-order chi connectivity index (χ1) is 12.0. The largest absolute Gasteiger partial charge is 0.416 e. The number of aromatic nitrogens is 4. The van der Waals surface area contributed by atoms with Gasteiger partial charge in [0.1, 0.15) is 0 Å². The highest BCUT2D eigenvalue weighted by Gasteiger charge is 2.30. The Bertz CT molecular complexity index is 868. The number of rotatable bonds is 5. The minimum absolute atomic E-state index is 0.273. The molecule has 1 saturated carbocycles. The normalized spacial score (nSPS) is 14.8. The van der Waals surface area contributed by atoms with Gasteiger partial charge in [-0.05, 0) is 25.0 Å². The van der Waals surface area contributed by atoms with Crippen molar-refractivity contribution in [3.05, 3.63) is 48.1 Å². The van der Waals surface area contributed by atoms with Gasteiger partial charge < -0.3 is 9.09 Å². The maximum atomic E-state index is 12.6. The molecule has 1 aromatic carbocycles. The number of benzene rings is 1. The number of halogens is 3. The molecule has 130 valence electrons. The standard InChI is InChI=1S/C16H13F3N4OS/c17-16(18,19)11-3-1-10(2-4-11)14-21-13(24-22-14)9-25-15-20-7-8-23(15)12-5-6-12/h1-4,7-8,12H,5-6,9H2. The zero-order valence-corrected chi connectivity index (χ0v) is 13.7. The number of hydrogen-bond acceptors (Lipinski definition) is 5. The van der Waals surface area contributed by atoms with Gasteiger partial charge in [-0.25, -0.2) is 4.98 Å². The van der Waals surface area contributed by atoms with Crippen molar-refractivity contribution >= 4 is 11.8 Å².